The molecule has 1 saturated heterocycles. The summed E-state index contributed by atoms with van der Waals surface area (Å²) in [4.78, 5) is 18.1. The van der Waals surface area contributed by atoms with Gasteiger partial charge in [-0.25, -0.2) is 9.65 Å². The number of ether oxygens (including phenoxy) is 4. The third-order valence-electron chi connectivity index (χ3n) is 10.9. The van der Waals surface area contributed by atoms with E-state index in [2.05, 4.69) is 60.2 Å². The van der Waals surface area contributed by atoms with E-state index in [1.165, 1.54) is 0 Å². The van der Waals surface area contributed by atoms with Crippen LogP contribution in [-0.2, 0) is 19.6 Å². The van der Waals surface area contributed by atoms with E-state index in [0.717, 1.165) is 49.7 Å². The lowest BCUT2D eigenvalue weighted by Crippen LogP contribution is -2.45. The number of para-hydroxylation sites is 1. The molecule has 0 aliphatic carbocycles. The first kappa shape index (κ1) is 41.5. The van der Waals surface area contributed by atoms with Crippen LogP contribution in [0.5, 0.6) is 11.5 Å². The van der Waals surface area contributed by atoms with Crippen LogP contribution < -0.4 is 9.47 Å². The quantitative estimate of drug-likeness (QED) is 0.0710. The predicted octanol–water partition coefficient (Wildman–Crippen LogP) is 10.5. The first-order chi connectivity index (χ1) is 28.1. The second-order valence-electron chi connectivity index (χ2n) is 15.3. The molecule has 58 heavy (non-hydrogen) atoms. The zero-order chi connectivity index (χ0) is 40.9. The van der Waals surface area contributed by atoms with E-state index in [0.29, 0.717) is 19.3 Å². The maximum Gasteiger partial charge on any atom is 0.257 e. The van der Waals surface area contributed by atoms with Crippen LogP contribution in [0.2, 0.25) is 0 Å². The lowest BCUT2D eigenvalue weighted by Gasteiger charge is -2.43. The summed E-state index contributed by atoms with van der Waals surface area (Å²) in [5.74, 6) is 1.46. The summed E-state index contributed by atoms with van der Waals surface area (Å²) in [5.41, 5.74) is 4.03. The molecule has 0 bridgehead atoms. The number of benzene rings is 4. The number of fused-ring (bicyclic) bond motifs is 1. The van der Waals surface area contributed by atoms with Crippen molar-refractivity contribution >= 4 is 30.9 Å². The maximum atomic E-state index is 12.0. The number of rotatable bonds is 17. The average Bonchev–Trinajstić information content (AvgIpc) is 4.02. The zero-order valence-electron chi connectivity index (χ0n) is 33.8. The van der Waals surface area contributed by atoms with Gasteiger partial charge in [-0.3, -0.25) is 0 Å². The molecule has 3 heterocycles. The van der Waals surface area contributed by atoms with Crippen LogP contribution in [-0.4, -0.2) is 63.7 Å². The number of hydrogen-bond donors (Lipinski definition) is 1. The van der Waals surface area contributed by atoms with E-state index in [4.69, 9.17) is 28.5 Å². The summed E-state index contributed by atoms with van der Waals surface area (Å²) >= 11 is 1.68. The highest BCUT2D eigenvalue weighted by atomic mass is 32.1. The number of nitrogens with zero attached hydrogens (tertiary/aromatic N) is 4. The Hall–Kier alpha value is -4.63. The highest BCUT2D eigenvalue weighted by Crippen LogP contribution is 2.50. The van der Waals surface area contributed by atoms with Crippen molar-refractivity contribution in [2.24, 2.45) is 0 Å². The minimum atomic E-state index is -2.11. The van der Waals surface area contributed by atoms with Crippen LogP contribution in [0.4, 0.5) is 0 Å². The van der Waals surface area contributed by atoms with Crippen LogP contribution in [0.3, 0.4) is 0 Å². The number of hydrogen-bond acceptors (Lipinski definition) is 10. The molecule has 6 aromatic rings. The highest BCUT2D eigenvalue weighted by molar-refractivity contribution is 7.43. The number of nitriles is 1. The Morgan fingerprint density at radius 2 is 1.57 bits per heavy atom. The average molecular weight is 819 g/mol. The van der Waals surface area contributed by atoms with Crippen LogP contribution in [0.1, 0.15) is 69.9 Å². The van der Waals surface area contributed by atoms with Gasteiger partial charge in [-0.1, -0.05) is 72.8 Å². The number of imidazole rings is 1. The summed E-state index contributed by atoms with van der Waals surface area (Å²) in [6.45, 7) is 8.30. The minimum Gasteiger partial charge on any atom is -0.497 e. The van der Waals surface area contributed by atoms with Gasteiger partial charge in [0.25, 0.3) is 8.53 Å². The topological polar surface area (TPSA) is 111 Å². The Labute approximate surface area is 346 Å². The Morgan fingerprint density at radius 3 is 2.16 bits per heavy atom. The number of methoxy groups -OCH3 is 2. The molecule has 4 aromatic carbocycles. The SMILES string of the molecule is COc1ccc(C(OC[C@H]2O[C@@H](n3cnc4c(-c5cccs5)cccc43)C[C@@H]2OP(O)N(C(C)C)C(C)(C)CCC#N)(c2ccccc2)c2ccc(OC)cc2)cc1. The molecule has 1 N–H and O–H groups in total. The van der Waals surface area contributed by atoms with Crippen molar-refractivity contribution in [2.45, 2.75) is 82.6 Å². The van der Waals surface area contributed by atoms with E-state index >= 15 is 0 Å². The normalized spacial score (nSPS) is 17.8. The van der Waals surface area contributed by atoms with Crippen molar-refractivity contribution in [1.82, 2.24) is 14.2 Å². The summed E-state index contributed by atoms with van der Waals surface area (Å²) in [6, 6.07) is 38.6. The number of thiophene rings is 1. The summed E-state index contributed by atoms with van der Waals surface area (Å²) < 4.78 is 36.3. The molecule has 1 unspecified atom stereocenters. The van der Waals surface area contributed by atoms with Gasteiger partial charge in [0.2, 0.25) is 0 Å². The molecule has 7 rings (SSSR count). The van der Waals surface area contributed by atoms with Gasteiger partial charge >= 0.3 is 0 Å². The Balaban J connectivity index is 1.29. The fourth-order valence-electron chi connectivity index (χ4n) is 8.11. The predicted molar refractivity (Wildman–Crippen MR) is 230 cm³/mol. The van der Waals surface area contributed by atoms with Crippen LogP contribution in [0.25, 0.3) is 21.5 Å². The van der Waals surface area contributed by atoms with E-state index in [9.17, 15) is 10.2 Å². The standard InChI is InChI=1S/C46H51N4O6PS/c1-32(2)50(45(3,4)26-12-27-47)57(51)56-40-29-43(49-31-48-44-38(15-10-16-39(44)49)42-17-11-28-58-42)55-41(40)30-54-46(33-13-8-7-9-14-33,34-18-22-36(52-5)23-19-34)35-20-24-37(53-6)25-21-35/h7-11,13-25,28,31-32,40-41,43,51H,12,26,29-30H2,1-6H3/t40-,41+,43+,57?/m0/s1. The molecule has 302 valence electrons. The molecule has 10 nitrogen and oxygen atoms in total. The van der Waals surface area contributed by atoms with E-state index in [1.807, 2.05) is 104 Å². The van der Waals surface area contributed by atoms with E-state index < -0.39 is 38.1 Å². The fraction of sp³-hybridized carbons (Fsp3) is 0.348. The van der Waals surface area contributed by atoms with Gasteiger partial charge in [-0.2, -0.15) is 5.26 Å². The zero-order valence-corrected chi connectivity index (χ0v) is 35.5. The Morgan fingerprint density at radius 1 is 0.914 bits per heavy atom. The lowest BCUT2D eigenvalue weighted by atomic mass is 9.80. The van der Waals surface area contributed by atoms with Gasteiger partial charge in [0, 0.05) is 34.9 Å². The van der Waals surface area contributed by atoms with Crippen molar-refractivity contribution in [3.8, 4) is 28.0 Å². The molecule has 1 fully saturated rings. The molecule has 1 aliphatic heterocycles. The molecule has 0 spiro atoms. The third-order valence-corrected chi connectivity index (χ3v) is 13.6. The van der Waals surface area contributed by atoms with Crippen molar-refractivity contribution < 1.29 is 28.4 Å². The molecule has 4 atom stereocenters. The second-order valence-corrected chi connectivity index (χ2v) is 17.4. The molecule has 0 radical (unpaired) electrons. The second kappa shape index (κ2) is 18.1. The summed E-state index contributed by atoms with van der Waals surface area (Å²) in [7, 11) is 1.20. The first-order valence-corrected chi connectivity index (χ1v) is 21.6. The molecular formula is C46H51N4O6PS. The van der Waals surface area contributed by atoms with Crippen molar-refractivity contribution in [3.63, 3.8) is 0 Å². The third kappa shape index (κ3) is 8.43. The van der Waals surface area contributed by atoms with Crippen molar-refractivity contribution in [2.75, 3.05) is 20.8 Å². The van der Waals surface area contributed by atoms with Crippen LogP contribution in [0.15, 0.2) is 121 Å². The van der Waals surface area contributed by atoms with Gasteiger partial charge < -0.3 is 32.9 Å². The van der Waals surface area contributed by atoms with E-state index in [-0.39, 0.29) is 12.6 Å². The van der Waals surface area contributed by atoms with Crippen LogP contribution in [0, 0.1) is 11.3 Å². The van der Waals surface area contributed by atoms with Crippen molar-refractivity contribution in [1.29, 1.82) is 5.26 Å². The minimum absolute atomic E-state index is 0.0539. The molecular weight excluding hydrogens is 768 g/mol. The summed E-state index contributed by atoms with van der Waals surface area (Å²) in [5, 5.41) is 11.5. The molecule has 1 aliphatic rings. The molecule has 2 aromatic heterocycles. The lowest BCUT2D eigenvalue weighted by molar-refractivity contribution is -0.0910. The van der Waals surface area contributed by atoms with Gasteiger partial charge in [0.15, 0.2) is 0 Å². The van der Waals surface area contributed by atoms with Gasteiger partial charge in [0.05, 0.1) is 50.4 Å². The molecule has 12 heteroatoms. The monoisotopic (exact) mass is 818 g/mol. The van der Waals surface area contributed by atoms with E-state index in [1.54, 1.807) is 25.6 Å². The highest BCUT2D eigenvalue weighted by Gasteiger charge is 2.46. The molecule has 0 amide bonds. The largest absolute Gasteiger partial charge is 0.497 e. The van der Waals surface area contributed by atoms with Crippen molar-refractivity contribution in [3.05, 3.63) is 138 Å². The summed E-state index contributed by atoms with van der Waals surface area (Å²) in [6.07, 6.45) is 1.60. The fourth-order valence-corrected chi connectivity index (χ4v) is 10.4. The Kier molecular flexibility index (Phi) is 13.0. The maximum absolute atomic E-state index is 12.0. The van der Waals surface area contributed by atoms with Gasteiger partial charge in [-0.15, -0.1) is 11.3 Å². The Bertz CT molecular complexity index is 2230. The smallest absolute Gasteiger partial charge is 0.257 e. The van der Waals surface area contributed by atoms with Crippen LogP contribution >= 0.6 is 19.9 Å². The molecule has 0 saturated carbocycles. The number of aromatic nitrogens is 2. The van der Waals surface area contributed by atoms with Gasteiger partial charge in [-0.05, 0) is 92.6 Å². The first-order valence-electron chi connectivity index (χ1n) is 19.5. The van der Waals surface area contributed by atoms with Gasteiger partial charge in [0.1, 0.15) is 29.4 Å².